The van der Waals surface area contributed by atoms with Crippen LogP contribution in [0.1, 0.15) is 56.4 Å². The first kappa shape index (κ1) is 22.2. The van der Waals surface area contributed by atoms with Gasteiger partial charge in [-0.05, 0) is 50.2 Å². The number of piperidine rings is 1. The number of likely N-dealkylation sites (tertiary alicyclic amines) is 1. The second-order valence-electron chi connectivity index (χ2n) is 9.18. The van der Waals surface area contributed by atoms with Crippen LogP contribution in [0.25, 0.3) is 0 Å². The Hall–Kier alpha value is -2.97. The van der Waals surface area contributed by atoms with Crippen LogP contribution in [-0.4, -0.2) is 64.9 Å². The van der Waals surface area contributed by atoms with Crippen LogP contribution < -0.4 is 10.2 Å². The molecule has 1 aromatic rings. The minimum absolute atomic E-state index is 0.0324. The zero-order valence-electron chi connectivity index (χ0n) is 18.3. The SMILES string of the molecule is CN(c1ccc(C2CCC(=O)NC2=O)cn1)[C@H]1CC[C@H](C(=O)N2CC[C@@H](C(=O)O)C2)CC1. The molecule has 9 heteroatoms. The highest BCUT2D eigenvalue weighted by atomic mass is 16.4. The molecule has 3 amide bonds. The number of carbonyl (C=O) groups is 4. The van der Waals surface area contributed by atoms with Crippen LogP contribution in [0.2, 0.25) is 0 Å². The fraction of sp³-hybridized carbons (Fsp3) is 0.609. The molecule has 9 nitrogen and oxygen atoms in total. The molecule has 0 radical (unpaired) electrons. The number of carboxylic acids is 1. The Labute approximate surface area is 187 Å². The van der Waals surface area contributed by atoms with E-state index in [1.807, 2.05) is 19.2 Å². The molecule has 0 spiro atoms. The number of nitrogens with one attached hydrogen (secondary N) is 1. The predicted octanol–water partition coefficient (Wildman–Crippen LogP) is 1.53. The van der Waals surface area contributed by atoms with Gasteiger partial charge in [0.15, 0.2) is 0 Å². The minimum Gasteiger partial charge on any atom is -0.481 e. The Morgan fingerprint density at radius 1 is 1.09 bits per heavy atom. The fourth-order valence-electron chi connectivity index (χ4n) is 5.14. The van der Waals surface area contributed by atoms with Gasteiger partial charge in [-0.2, -0.15) is 0 Å². The highest BCUT2D eigenvalue weighted by Gasteiger charge is 2.36. The van der Waals surface area contributed by atoms with E-state index in [9.17, 15) is 19.2 Å². The first-order valence-electron chi connectivity index (χ1n) is 11.4. The van der Waals surface area contributed by atoms with E-state index in [4.69, 9.17) is 5.11 Å². The van der Waals surface area contributed by atoms with Gasteiger partial charge >= 0.3 is 5.97 Å². The third-order valence-electron chi connectivity index (χ3n) is 7.22. The zero-order valence-corrected chi connectivity index (χ0v) is 18.3. The van der Waals surface area contributed by atoms with Crippen LogP contribution >= 0.6 is 0 Å². The number of imide groups is 1. The van der Waals surface area contributed by atoms with Crippen LogP contribution in [-0.2, 0) is 19.2 Å². The average Bonchev–Trinajstić information content (AvgIpc) is 3.29. The summed E-state index contributed by atoms with van der Waals surface area (Å²) in [5.41, 5.74) is 0.812. The van der Waals surface area contributed by atoms with Gasteiger partial charge < -0.3 is 14.9 Å². The summed E-state index contributed by atoms with van der Waals surface area (Å²) in [4.78, 5) is 55.8. The number of pyridine rings is 1. The minimum atomic E-state index is -0.818. The molecule has 1 unspecified atom stereocenters. The molecule has 1 saturated carbocycles. The Kier molecular flexibility index (Phi) is 6.43. The number of anilines is 1. The van der Waals surface area contributed by atoms with Crippen molar-refractivity contribution < 1.29 is 24.3 Å². The van der Waals surface area contributed by atoms with E-state index in [2.05, 4.69) is 15.2 Å². The molecule has 2 N–H and O–H groups in total. The lowest BCUT2D eigenvalue weighted by Crippen LogP contribution is -2.41. The van der Waals surface area contributed by atoms with Gasteiger partial charge in [0.1, 0.15) is 5.82 Å². The van der Waals surface area contributed by atoms with Crippen molar-refractivity contribution in [3.05, 3.63) is 23.9 Å². The predicted molar refractivity (Wildman–Crippen MR) is 116 cm³/mol. The summed E-state index contributed by atoms with van der Waals surface area (Å²) >= 11 is 0. The lowest BCUT2D eigenvalue weighted by Gasteiger charge is -2.36. The van der Waals surface area contributed by atoms with E-state index < -0.39 is 11.9 Å². The molecule has 4 rings (SSSR count). The number of aliphatic carboxylic acids is 1. The van der Waals surface area contributed by atoms with Gasteiger partial charge in [-0.3, -0.25) is 24.5 Å². The van der Waals surface area contributed by atoms with Crippen molar-refractivity contribution in [3.8, 4) is 0 Å². The van der Waals surface area contributed by atoms with Crippen LogP contribution in [0.15, 0.2) is 18.3 Å². The van der Waals surface area contributed by atoms with Crippen molar-refractivity contribution in [3.63, 3.8) is 0 Å². The maximum atomic E-state index is 12.8. The summed E-state index contributed by atoms with van der Waals surface area (Å²) < 4.78 is 0. The summed E-state index contributed by atoms with van der Waals surface area (Å²) in [7, 11) is 2.00. The summed E-state index contributed by atoms with van der Waals surface area (Å²) in [6.07, 6.45) is 6.43. The van der Waals surface area contributed by atoms with Crippen molar-refractivity contribution in [2.24, 2.45) is 11.8 Å². The number of rotatable bonds is 5. The van der Waals surface area contributed by atoms with Crippen LogP contribution in [0.4, 0.5) is 5.82 Å². The van der Waals surface area contributed by atoms with Crippen LogP contribution in [0.3, 0.4) is 0 Å². The second-order valence-corrected chi connectivity index (χ2v) is 9.18. The van der Waals surface area contributed by atoms with Crippen molar-refractivity contribution in [1.82, 2.24) is 15.2 Å². The van der Waals surface area contributed by atoms with E-state index >= 15 is 0 Å². The monoisotopic (exact) mass is 442 g/mol. The third kappa shape index (κ3) is 4.61. The molecule has 3 fully saturated rings. The molecule has 172 valence electrons. The molecule has 2 atom stereocenters. The molecule has 3 aliphatic rings. The Morgan fingerprint density at radius 2 is 1.84 bits per heavy atom. The highest BCUT2D eigenvalue weighted by molar-refractivity contribution is 6.00. The Morgan fingerprint density at radius 3 is 2.44 bits per heavy atom. The molecule has 0 aromatic carbocycles. The largest absolute Gasteiger partial charge is 0.481 e. The maximum absolute atomic E-state index is 12.8. The quantitative estimate of drug-likeness (QED) is 0.664. The molecule has 3 heterocycles. The topological polar surface area (TPSA) is 120 Å². The van der Waals surface area contributed by atoms with Gasteiger partial charge in [-0.1, -0.05) is 6.07 Å². The summed E-state index contributed by atoms with van der Waals surface area (Å²) in [6, 6.07) is 4.09. The normalized spacial score (nSPS) is 28.3. The molecule has 2 aliphatic heterocycles. The molecule has 32 heavy (non-hydrogen) atoms. The summed E-state index contributed by atoms with van der Waals surface area (Å²) in [5.74, 6) is -1.20. The standard InChI is InChI=1S/C23H30N4O5/c1-26(19-8-4-15(12-24-19)18-7-9-20(28)25-21(18)29)17-5-2-14(3-6-17)22(30)27-11-10-16(13-27)23(31)32/h4,8,12,14,16-18H,2-3,5-7,9-11,13H2,1H3,(H,31,32)(H,25,28,29)/t14-,16-,17-,18?/m1/s1. The first-order valence-corrected chi connectivity index (χ1v) is 11.4. The van der Waals surface area contributed by atoms with E-state index in [0.29, 0.717) is 32.4 Å². The molecule has 0 bridgehead atoms. The number of carboxylic acid groups (broad SMARTS) is 1. The van der Waals surface area contributed by atoms with Gasteiger partial charge in [0, 0.05) is 44.7 Å². The molecular formula is C23H30N4O5. The van der Waals surface area contributed by atoms with Crippen molar-refractivity contribution >= 4 is 29.5 Å². The smallest absolute Gasteiger partial charge is 0.308 e. The zero-order chi connectivity index (χ0) is 22.8. The van der Waals surface area contributed by atoms with E-state index in [0.717, 1.165) is 37.1 Å². The Balaban J connectivity index is 1.30. The van der Waals surface area contributed by atoms with Crippen molar-refractivity contribution in [1.29, 1.82) is 0 Å². The number of aromatic nitrogens is 1. The van der Waals surface area contributed by atoms with Crippen LogP contribution in [0.5, 0.6) is 0 Å². The third-order valence-corrected chi connectivity index (χ3v) is 7.22. The lowest BCUT2D eigenvalue weighted by molar-refractivity contribution is -0.142. The van der Waals surface area contributed by atoms with E-state index in [1.165, 1.54) is 0 Å². The lowest BCUT2D eigenvalue weighted by atomic mass is 9.84. The average molecular weight is 443 g/mol. The van der Waals surface area contributed by atoms with Gasteiger partial charge in [-0.25, -0.2) is 4.98 Å². The van der Waals surface area contributed by atoms with E-state index in [-0.39, 0.29) is 35.6 Å². The number of amides is 3. The van der Waals surface area contributed by atoms with Gasteiger partial charge in [0.05, 0.1) is 11.8 Å². The number of hydrogen-bond donors (Lipinski definition) is 2. The fourth-order valence-corrected chi connectivity index (χ4v) is 5.14. The van der Waals surface area contributed by atoms with E-state index in [1.54, 1.807) is 11.1 Å². The van der Waals surface area contributed by atoms with Gasteiger partial charge in [0.2, 0.25) is 17.7 Å². The summed E-state index contributed by atoms with van der Waals surface area (Å²) in [6.45, 7) is 0.872. The highest BCUT2D eigenvalue weighted by Crippen LogP contribution is 2.32. The molecule has 2 saturated heterocycles. The maximum Gasteiger partial charge on any atom is 0.308 e. The molecule has 1 aromatic heterocycles. The number of carbonyl (C=O) groups excluding carboxylic acids is 3. The van der Waals surface area contributed by atoms with Gasteiger partial charge in [-0.15, -0.1) is 0 Å². The van der Waals surface area contributed by atoms with Crippen molar-refractivity contribution in [2.45, 2.75) is 56.9 Å². The number of hydrogen-bond acceptors (Lipinski definition) is 6. The Bertz CT molecular complexity index is 894. The first-order chi connectivity index (χ1) is 15.3. The van der Waals surface area contributed by atoms with Gasteiger partial charge in [0.25, 0.3) is 0 Å². The van der Waals surface area contributed by atoms with Crippen LogP contribution in [0, 0.1) is 11.8 Å². The molecular weight excluding hydrogens is 412 g/mol. The number of nitrogens with zero attached hydrogens (tertiary/aromatic N) is 3. The molecule has 1 aliphatic carbocycles. The second kappa shape index (κ2) is 9.26. The van der Waals surface area contributed by atoms with Crippen molar-refractivity contribution in [2.75, 3.05) is 25.0 Å². The summed E-state index contributed by atoms with van der Waals surface area (Å²) in [5, 5.41) is 11.5.